The Balaban J connectivity index is 0.000000317. The number of hydrogen-bond donors (Lipinski definition) is 2. The normalized spacial score (nSPS) is 23.8. The van der Waals surface area contributed by atoms with Crippen LogP contribution in [0, 0.1) is 11.3 Å². The van der Waals surface area contributed by atoms with Crippen molar-refractivity contribution in [1.82, 2.24) is 19.7 Å². The number of amides is 1. The first-order valence-electron chi connectivity index (χ1n) is 12.3. The fourth-order valence-corrected chi connectivity index (χ4v) is 5.00. The molecule has 4 rings (SSSR count). The Bertz CT molecular complexity index is 948. The molecule has 220 valence electrons. The Hall–Kier alpha value is -2.94. The third-order valence-electron chi connectivity index (χ3n) is 7.02. The highest BCUT2D eigenvalue weighted by Gasteiger charge is 2.54. The van der Waals surface area contributed by atoms with Crippen LogP contribution in [0.25, 0.3) is 0 Å². The minimum absolute atomic E-state index is 0.146. The van der Waals surface area contributed by atoms with E-state index in [2.05, 4.69) is 32.7 Å². The maximum Gasteiger partial charge on any atom is 0.490 e. The second kappa shape index (κ2) is 13.4. The first kappa shape index (κ1) is 32.3. The van der Waals surface area contributed by atoms with Gasteiger partial charge in [-0.3, -0.25) is 14.7 Å². The Morgan fingerprint density at radius 1 is 1.00 bits per heavy atom. The van der Waals surface area contributed by atoms with Crippen molar-refractivity contribution in [3.8, 4) is 0 Å². The molecule has 39 heavy (non-hydrogen) atoms. The third kappa shape index (κ3) is 9.34. The van der Waals surface area contributed by atoms with Crippen LogP contribution >= 0.6 is 0 Å². The predicted molar refractivity (Wildman–Crippen MR) is 125 cm³/mol. The smallest absolute Gasteiger partial charge is 0.475 e. The van der Waals surface area contributed by atoms with Crippen molar-refractivity contribution in [2.24, 2.45) is 11.3 Å². The van der Waals surface area contributed by atoms with Crippen molar-refractivity contribution in [2.75, 3.05) is 45.8 Å². The molecule has 0 unspecified atom stereocenters. The molecule has 0 bridgehead atoms. The Morgan fingerprint density at radius 3 is 2.05 bits per heavy atom. The second-order valence-electron chi connectivity index (χ2n) is 9.78. The predicted octanol–water partition coefficient (Wildman–Crippen LogP) is 3.11. The van der Waals surface area contributed by atoms with Crippen LogP contribution in [0.3, 0.4) is 0 Å². The monoisotopic (exact) mass is 570 g/mol. The number of carboxylic acid groups (broad SMARTS) is 2. The van der Waals surface area contributed by atoms with Crippen LogP contribution in [-0.2, 0) is 20.9 Å². The number of hydrogen-bond acceptors (Lipinski definition) is 6. The number of carbonyl (C=O) groups is 3. The van der Waals surface area contributed by atoms with E-state index in [-0.39, 0.29) is 5.41 Å². The van der Waals surface area contributed by atoms with E-state index in [1.165, 1.54) is 31.5 Å². The van der Waals surface area contributed by atoms with Crippen LogP contribution in [0.4, 0.5) is 26.3 Å². The molecular formula is C24H32F6N4O5. The number of carboxylic acids is 2. The Labute approximate surface area is 221 Å². The fourth-order valence-electron chi connectivity index (χ4n) is 5.00. The molecule has 2 N–H and O–H groups in total. The van der Waals surface area contributed by atoms with Gasteiger partial charge < -0.3 is 20.0 Å². The lowest BCUT2D eigenvalue weighted by atomic mass is 9.78. The van der Waals surface area contributed by atoms with Gasteiger partial charge in [-0.1, -0.05) is 13.0 Å². The van der Waals surface area contributed by atoms with Gasteiger partial charge in [-0.15, -0.1) is 0 Å². The van der Waals surface area contributed by atoms with E-state index >= 15 is 0 Å². The maximum atomic E-state index is 13.2. The van der Waals surface area contributed by atoms with E-state index in [1.807, 2.05) is 18.5 Å². The van der Waals surface area contributed by atoms with Crippen LogP contribution in [0.2, 0.25) is 0 Å². The first-order chi connectivity index (χ1) is 18.1. The summed E-state index contributed by atoms with van der Waals surface area (Å²) in [5, 5.41) is 14.2. The highest BCUT2D eigenvalue weighted by atomic mass is 19.4. The summed E-state index contributed by atoms with van der Waals surface area (Å²) >= 11 is 0. The summed E-state index contributed by atoms with van der Waals surface area (Å²) in [6.45, 7) is 10.4. The van der Waals surface area contributed by atoms with Crippen molar-refractivity contribution < 1.29 is 50.9 Å². The Kier molecular flexibility index (Phi) is 11.1. The largest absolute Gasteiger partial charge is 0.490 e. The number of halogens is 6. The molecule has 0 saturated carbocycles. The molecule has 15 heteroatoms. The molecule has 1 amide bonds. The number of nitrogens with zero attached hydrogens (tertiary/aromatic N) is 4. The van der Waals surface area contributed by atoms with E-state index in [0.717, 1.165) is 45.7 Å². The average Bonchev–Trinajstić information content (AvgIpc) is 3.54. The summed E-state index contributed by atoms with van der Waals surface area (Å²) in [6, 6.07) is 4.12. The van der Waals surface area contributed by atoms with Crippen molar-refractivity contribution in [2.45, 2.75) is 45.1 Å². The lowest BCUT2D eigenvalue weighted by Gasteiger charge is -2.27. The number of aliphatic carboxylic acids is 2. The van der Waals surface area contributed by atoms with E-state index in [9.17, 15) is 31.1 Å². The van der Waals surface area contributed by atoms with Gasteiger partial charge in [-0.25, -0.2) is 9.59 Å². The molecule has 0 aliphatic carbocycles. The Morgan fingerprint density at radius 2 is 1.56 bits per heavy atom. The molecule has 3 saturated heterocycles. The second-order valence-corrected chi connectivity index (χ2v) is 9.78. The highest BCUT2D eigenvalue weighted by molar-refractivity contribution is 5.86. The molecule has 2 atom stereocenters. The topological polar surface area (TPSA) is 114 Å². The van der Waals surface area contributed by atoms with Gasteiger partial charge in [0.25, 0.3) is 0 Å². The van der Waals surface area contributed by atoms with Crippen molar-refractivity contribution in [3.05, 3.63) is 30.1 Å². The van der Waals surface area contributed by atoms with Gasteiger partial charge in [0.2, 0.25) is 5.91 Å². The van der Waals surface area contributed by atoms with Crippen molar-refractivity contribution >= 4 is 17.8 Å². The minimum Gasteiger partial charge on any atom is -0.475 e. The SMILES string of the molecule is C[C@@H]1CN(Cc2cccnc2)C[C@]12CCN(CCN1CCCC1)C2=O.O=C(O)C(F)(F)F.O=C(O)C(F)(F)F. The van der Waals surface area contributed by atoms with E-state index in [1.54, 1.807) is 0 Å². The fraction of sp³-hybridized carbons (Fsp3) is 0.667. The number of carbonyl (C=O) groups excluding carboxylic acids is 1. The van der Waals surface area contributed by atoms with Gasteiger partial charge in [0, 0.05) is 51.7 Å². The zero-order valence-corrected chi connectivity index (χ0v) is 21.3. The summed E-state index contributed by atoms with van der Waals surface area (Å²) in [7, 11) is 0. The first-order valence-corrected chi connectivity index (χ1v) is 12.3. The molecule has 3 aliphatic heterocycles. The van der Waals surface area contributed by atoms with Crippen LogP contribution in [0.5, 0.6) is 0 Å². The summed E-state index contributed by atoms with van der Waals surface area (Å²) in [5.41, 5.74) is 1.09. The van der Waals surface area contributed by atoms with Gasteiger partial charge >= 0.3 is 24.3 Å². The molecular weight excluding hydrogens is 538 g/mol. The van der Waals surface area contributed by atoms with Crippen molar-refractivity contribution in [1.29, 1.82) is 0 Å². The molecule has 3 fully saturated rings. The van der Waals surface area contributed by atoms with Crippen LogP contribution in [0.1, 0.15) is 31.7 Å². The van der Waals surface area contributed by atoms with Gasteiger partial charge in [0.05, 0.1) is 5.41 Å². The number of alkyl halides is 6. The quantitative estimate of drug-likeness (QED) is 0.520. The molecule has 1 aromatic heterocycles. The molecule has 0 radical (unpaired) electrons. The molecule has 3 aliphatic rings. The van der Waals surface area contributed by atoms with Crippen LogP contribution in [-0.4, -0.2) is 106 Å². The van der Waals surface area contributed by atoms with Gasteiger partial charge in [-0.05, 0) is 49.9 Å². The lowest BCUT2D eigenvalue weighted by Crippen LogP contribution is -2.42. The minimum atomic E-state index is -5.08. The molecule has 0 aromatic carbocycles. The van der Waals surface area contributed by atoms with E-state index < -0.39 is 24.3 Å². The lowest BCUT2D eigenvalue weighted by molar-refractivity contribution is -0.193. The van der Waals surface area contributed by atoms with Crippen LogP contribution in [0.15, 0.2) is 24.5 Å². The van der Waals surface area contributed by atoms with Gasteiger partial charge in [-0.2, -0.15) is 26.3 Å². The number of aromatic nitrogens is 1. The molecule has 4 heterocycles. The summed E-state index contributed by atoms with van der Waals surface area (Å²) in [6.07, 6.45) is -2.75. The molecule has 1 spiro atoms. The van der Waals surface area contributed by atoms with Gasteiger partial charge in [0.15, 0.2) is 0 Å². The zero-order valence-electron chi connectivity index (χ0n) is 21.3. The van der Waals surface area contributed by atoms with Gasteiger partial charge in [0.1, 0.15) is 0 Å². The number of pyridine rings is 1. The van der Waals surface area contributed by atoms with E-state index in [4.69, 9.17) is 19.8 Å². The summed E-state index contributed by atoms with van der Waals surface area (Å²) in [4.78, 5) is 42.3. The number of rotatable bonds is 5. The maximum absolute atomic E-state index is 13.2. The van der Waals surface area contributed by atoms with Crippen LogP contribution < -0.4 is 0 Å². The number of likely N-dealkylation sites (tertiary alicyclic amines) is 3. The zero-order chi connectivity index (χ0) is 29.4. The molecule has 9 nitrogen and oxygen atoms in total. The molecule has 1 aromatic rings. The standard InChI is InChI=1S/C20H30N4O.2C2HF3O2/c1-17-14-23(15-18-5-4-7-21-13-18)16-20(17)6-10-24(19(20)25)12-11-22-8-2-3-9-22;2*3-2(4,5)1(6)7/h4-5,7,13,17H,2-3,6,8-12,14-16H2,1H3;2*(H,6,7)/t17-,20-;;/m1../s1. The summed E-state index contributed by atoms with van der Waals surface area (Å²) in [5.74, 6) is -4.67. The average molecular weight is 571 g/mol. The van der Waals surface area contributed by atoms with E-state index in [0.29, 0.717) is 11.8 Å². The third-order valence-corrected chi connectivity index (χ3v) is 7.02. The van der Waals surface area contributed by atoms with Crippen molar-refractivity contribution in [3.63, 3.8) is 0 Å². The summed E-state index contributed by atoms with van der Waals surface area (Å²) < 4.78 is 63.5. The highest BCUT2D eigenvalue weighted by Crippen LogP contribution is 2.45.